The number of hydrogen-bond donors (Lipinski definition) is 1. The topological polar surface area (TPSA) is 15.3 Å². The Bertz CT molecular complexity index is 387. The van der Waals surface area contributed by atoms with Crippen LogP contribution in [0.25, 0.3) is 0 Å². The number of likely N-dealkylation sites (tertiary alicyclic amines) is 1. The molecule has 2 rings (SSSR count). The van der Waals surface area contributed by atoms with E-state index in [1.807, 2.05) is 7.05 Å². The van der Waals surface area contributed by atoms with Crippen molar-refractivity contribution >= 4 is 0 Å². The average Bonchev–Trinajstić information content (AvgIpc) is 2.37. The summed E-state index contributed by atoms with van der Waals surface area (Å²) in [6.07, 6.45) is 2.34. The van der Waals surface area contributed by atoms with Crippen molar-refractivity contribution in [2.45, 2.75) is 19.4 Å². The van der Waals surface area contributed by atoms with E-state index in [0.717, 1.165) is 31.1 Å². The summed E-state index contributed by atoms with van der Waals surface area (Å²) >= 11 is 0. The fraction of sp³-hybridized carbons (Fsp3) is 0.571. The summed E-state index contributed by atoms with van der Waals surface area (Å²) < 4.78 is 25.9. The second kappa shape index (κ2) is 6.25. The van der Waals surface area contributed by atoms with Crippen LogP contribution in [0.15, 0.2) is 18.2 Å². The van der Waals surface area contributed by atoms with Crippen molar-refractivity contribution in [3.63, 3.8) is 0 Å². The highest BCUT2D eigenvalue weighted by Crippen LogP contribution is 2.19. The number of halogens is 2. The van der Waals surface area contributed by atoms with Gasteiger partial charge in [0.2, 0.25) is 0 Å². The van der Waals surface area contributed by atoms with Gasteiger partial charge in [0, 0.05) is 6.54 Å². The molecule has 1 aromatic rings. The van der Waals surface area contributed by atoms with Gasteiger partial charge >= 0.3 is 0 Å². The molecule has 1 aromatic carbocycles. The molecule has 0 saturated carbocycles. The third-order valence-electron chi connectivity index (χ3n) is 3.59. The van der Waals surface area contributed by atoms with Crippen molar-refractivity contribution in [2.75, 3.05) is 26.7 Å². The molecule has 0 radical (unpaired) electrons. The fourth-order valence-corrected chi connectivity index (χ4v) is 2.53. The molecule has 0 spiro atoms. The second-order valence-corrected chi connectivity index (χ2v) is 5.03. The van der Waals surface area contributed by atoms with Gasteiger partial charge in [-0.05, 0) is 63.1 Å². The number of hydrogen-bond acceptors (Lipinski definition) is 2. The Kier molecular flexibility index (Phi) is 4.66. The molecule has 0 bridgehead atoms. The van der Waals surface area contributed by atoms with Crippen molar-refractivity contribution in [3.8, 4) is 0 Å². The summed E-state index contributed by atoms with van der Waals surface area (Å²) in [6.45, 7) is 3.85. The lowest BCUT2D eigenvalue weighted by Gasteiger charge is -2.31. The first-order valence-corrected chi connectivity index (χ1v) is 6.50. The van der Waals surface area contributed by atoms with E-state index < -0.39 is 11.6 Å². The summed E-state index contributed by atoms with van der Waals surface area (Å²) in [7, 11) is 1.98. The van der Waals surface area contributed by atoms with Gasteiger partial charge in [0.1, 0.15) is 0 Å². The highest BCUT2D eigenvalue weighted by atomic mass is 19.2. The molecule has 0 atom stereocenters. The van der Waals surface area contributed by atoms with Gasteiger partial charge in [-0.2, -0.15) is 0 Å². The smallest absolute Gasteiger partial charge is 0.159 e. The Morgan fingerprint density at radius 3 is 2.56 bits per heavy atom. The van der Waals surface area contributed by atoms with E-state index in [9.17, 15) is 8.78 Å². The van der Waals surface area contributed by atoms with Crippen molar-refractivity contribution in [2.24, 2.45) is 5.92 Å². The quantitative estimate of drug-likeness (QED) is 0.887. The maximum absolute atomic E-state index is 13.1. The number of rotatable bonds is 4. The third kappa shape index (κ3) is 3.50. The first-order chi connectivity index (χ1) is 8.69. The van der Waals surface area contributed by atoms with E-state index in [4.69, 9.17) is 0 Å². The van der Waals surface area contributed by atoms with E-state index in [1.54, 1.807) is 6.07 Å². The molecule has 100 valence electrons. The molecule has 0 aromatic heterocycles. The summed E-state index contributed by atoms with van der Waals surface area (Å²) in [5.74, 6) is -0.778. The Hall–Kier alpha value is -1.00. The van der Waals surface area contributed by atoms with Gasteiger partial charge in [0.05, 0.1) is 0 Å². The second-order valence-electron chi connectivity index (χ2n) is 5.03. The number of benzene rings is 1. The molecule has 1 N–H and O–H groups in total. The van der Waals surface area contributed by atoms with Gasteiger partial charge in [-0.15, -0.1) is 0 Å². The van der Waals surface area contributed by atoms with Gasteiger partial charge in [-0.3, -0.25) is 4.90 Å². The summed E-state index contributed by atoms with van der Waals surface area (Å²) in [4.78, 5) is 2.30. The first-order valence-electron chi connectivity index (χ1n) is 6.50. The van der Waals surface area contributed by atoms with Crippen LogP contribution in [0, 0.1) is 17.6 Å². The predicted octanol–water partition coefficient (Wildman–Crippen LogP) is 2.40. The summed E-state index contributed by atoms with van der Waals surface area (Å²) in [5.41, 5.74) is 0.848. The lowest BCUT2D eigenvalue weighted by molar-refractivity contribution is 0.176. The van der Waals surface area contributed by atoms with Gasteiger partial charge in [-0.1, -0.05) is 6.07 Å². The van der Waals surface area contributed by atoms with Crippen LogP contribution in [0.4, 0.5) is 8.78 Å². The van der Waals surface area contributed by atoms with Crippen molar-refractivity contribution in [1.29, 1.82) is 0 Å². The van der Waals surface area contributed by atoms with E-state index in [-0.39, 0.29) is 0 Å². The number of nitrogens with one attached hydrogen (secondary N) is 1. The Morgan fingerprint density at radius 1 is 1.22 bits per heavy atom. The van der Waals surface area contributed by atoms with Gasteiger partial charge in [0.25, 0.3) is 0 Å². The lowest BCUT2D eigenvalue weighted by Crippen LogP contribution is -2.36. The van der Waals surface area contributed by atoms with E-state index in [2.05, 4.69) is 10.2 Å². The average molecular weight is 254 g/mol. The molecule has 1 fully saturated rings. The molecule has 0 unspecified atom stereocenters. The normalized spacial score (nSPS) is 18.2. The zero-order valence-corrected chi connectivity index (χ0v) is 10.8. The lowest BCUT2D eigenvalue weighted by atomic mass is 9.96. The van der Waals surface area contributed by atoms with Crippen LogP contribution in [-0.4, -0.2) is 31.6 Å². The molecule has 2 nitrogen and oxygen atoms in total. The number of nitrogens with zero attached hydrogens (tertiary/aromatic N) is 1. The predicted molar refractivity (Wildman–Crippen MR) is 68.3 cm³/mol. The molecule has 1 aliphatic rings. The van der Waals surface area contributed by atoms with Crippen molar-refractivity contribution < 1.29 is 8.78 Å². The van der Waals surface area contributed by atoms with Gasteiger partial charge in [-0.25, -0.2) is 8.78 Å². The minimum atomic E-state index is -0.772. The van der Waals surface area contributed by atoms with E-state index >= 15 is 0 Å². The zero-order chi connectivity index (χ0) is 13.0. The van der Waals surface area contributed by atoms with Crippen LogP contribution in [0.3, 0.4) is 0 Å². The molecular weight excluding hydrogens is 234 g/mol. The zero-order valence-electron chi connectivity index (χ0n) is 10.8. The SMILES string of the molecule is CNCC1CCN(Cc2ccc(F)c(F)c2)CC1. The molecule has 1 aliphatic heterocycles. The van der Waals surface area contributed by atoms with Crippen LogP contribution in [0.1, 0.15) is 18.4 Å². The molecule has 0 amide bonds. The highest BCUT2D eigenvalue weighted by molar-refractivity contribution is 5.17. The fourth-order valence-electron chi connectivity index (χ4n) is 2.53. The van der Waals surface area contributed by atoms with Crippen molar-refractivity contribution in [1.82, 2.24) is 10.2 Å². The molecule has 1 saturated heterocycles. The van der Waals surface area contributed by atoms with Crippen LogP contribution in [-0.2, 0) is 6.54 Å². The molecule has 18 heavy (non-hydrogen) atoms. The Labute approximate surface area is 107 Å². The van der Waals surface area contributed by atoms with Gasteiger partial charge < -0.3 is 5.32 Å². The molecule has 0 aliphatic carbocycles. The largest absolute Gasteiger partial charge is 0.319 e. The first kappa shape index (κ1) is 13.4. The van der Waals surface area contributed by atoms with Gasteiger partial charge in [0.15, 0.2) is 11.6 Å². The summed E-state index contributed by atoms with van der Waals surface area (Å²) in [5, 5.41) is 3.21. The monoisotopic (exact) mass is 254 g/mol. The maximum atomic E-state index is 13.1. The van der Waals surface area contributed by atoms with E-state index in [0.29, 0.717) is 6.54 Å². The van der Waals surface area contributed by atoms with Crippen LogP contribution in [0.2, 0.25) is 0 Å². The molecule has 1 heterocycles. The minimum absolute atomic E-state index is 0.712. The Balaban J connectivity index is 1.85. The molecular formula is C14H20F2N2. The highest BCUT2D eigenvalue weighted by Gasteiger charge is 2.18. The third-order valence-corrected chi connectivity index (χ3v) is 3.59. The van der Waals surface area contributed by atoms with Crippen molar-refractivity contribution in [3.05, 3.63) is 35.4 Å². The van der Waals surface area contributed by atoms with Crippen LogP contribution >= 0.6 is 0 Å². The molecule has 4 heteroatoms. The van der Waals surface area contributed by atoms with E-state index in [1.165, 1.54) is 25.0 Å². The standard InChI is InChI=1S/C14H20F2N2/c1-17-9-11-4-6-18(7-5-11)10-12-2-3-13(15)14(16)8-12/h2-3,8,11,17H,4-7,9-10H2,1H3. The van der Waals surface area contributed by atoms with Crippen LogP contribution < -0.4 is 5.32 Å². The van der Waals surface area contributed by atoms with Crippen LogP contribution in [0.5, 0.6) is 0 Å². The maximum Gasteiger partial charge on any atom is 0.159 e. The number of piperidine rings is 1. The Morgan fingerprint density at radius 2 is 1.94 bits per heavy atom. The summed E-state index contributed by atoms with van der Waals surface area (Å²) in [6, 6.07) is 4.17. The minimum Gasteiger partial charge on any atom is -0.319 e.